The molecule has 19 heavy (non-hydrogen) atoms. The van der Waals surface area contributed by atoms with Gasteiger partial charge >= 0.3 is 0 Å². The van der Waals surface area contributed by atoms with Crippen molar-refractivity contribution in [3.05, 3.63) is 17.0 Å². The normalized spacial score (nSPS) is 19.8. The number of hydrogen-bond donors (Lipinski definition) is 1. The molecule has 1 fully saturated rings. The SMILES string of the molecule is Cc1nn(C)c(C)c1CNC(C)C1CCN(C)CC1. The second-order valence-corrected chi connectivity index (χ2v) is 6.08. The summed E-state index contributed by atoms with van der Waals surface area (Å²) >= 11 is 0. The molecule has 0 saturated carbocycles. The maximum absolute atomic E-state index is 4.48. The van der Waals surface area contributed by atoms with Crippen LogP contribution in [0.4, 0.5) is 0 Å². The number of aromatic nitrogens is 2. The van der Waals surface area contributed by atoms with Gasteiger partial charge in [0.05, 0.1) is 5.69 Å². The predicted octanol–water partition coefficient (Wildman–Crippen LogP) is 1.86. The Morgan fingerprint density at radius 1 is 1.26 bits per heavy atom. The Labute approximate surface area is 117 Å². The van der Waals surface area contributed by atoms with Crippen molar-refractivity contribution in [1.29, 1.82) is 0 Å². The molecule has 0 bridgehead atoms. The van der Waals surface area contributed by atoms with E-state index in [-0.39, 0.29) is 0 Å². The molecule has 2 rings (SSSR count). The minimum absolute atomic E-state index is 0.590. The highest BCUT2D eigenvalue weighted by Crippen LogP contribution is 2.20. The van der Waals surface area contributed by atoms with Crippen molar-refractivity contribution in [3.63, 3.8) is 0 Å². The lowest BCUT2D eigenvalue weighted by atomic mass is 9.90. The van der Waals surface area contributed by atoms with Gasteiger partial charge in [-0.15, -0.1) is 0 Å². The first-order valence-corrected chi connectivity index (χ1v) is 7.40. The Morgan fingerprint density at radius 3 is 2.42 bits per heavy atom. The molecule has 2 heterocycles. The van der Waals surface area contributed by atoms with E-state index in [1.165, 1.54) is 37.2 Å². The lowest BCUT2D eigenvalue weighted by Gasteiger charge is -2.33. The summed E-state index contributed by atoms with van der Waals surface area (Å²) in [7, 11) is 4.24. The van der Waals surface area contributed by atoms with Crippen LogP contribution >= 0.6 is 0 Å². The van der Waals surface area contributed by atoms with Gasteiger partial charge < -0.3 is 10.2 Å². The lowest BCUT2D eigenvalue weighted by Crippen LogP contribution is -2.40. The van der Waals surface area contributed by atoms with Gasteiger partial charge in [-0.3, -0.25) is 4.68 Å². The van der Waals surface area contributed by atoms with Gasteiger partial charge in [-0.2, -0.15) is 5.10 Å². The molecule has 4 nitrogen and oxygen atoms in total. The van der Waals surface area contributed by atoms with Gasteiger partial charge in [0, 0.05) is 30.9 Å². The van der Waals surface area contributed by atoms with Gasteiger partial charge in [0.2, 0.25) is 0 Å². The lowest BCUT2D eigenvalue weighted by molar-refractivity contribution is 0.189. The zero-order valence-electron chi connectivity index (χ0n) is 13.0. The topological polar surface area (TPSA) is 33.1 Å². The molecule has 1 N–H and O–H groups in total. The van der Waals surface area contributed by atoms with Gasteiger partial charge in [-0.1, -0.05) is 0 Å². The number of nitrogens with one attached hydrogen (secondary N) is 1. The Kier molecular flexibility index (Phi) is 4.63. The summed E-state index contributed by atoms with van der Waals surface area (Å²) in [6.07, 6.45) is 2.63. The molecule has 0 aromatic carbocycles. The fourth-order valence-corrected chi connectivity index (χ4v) is 3.03. The number of rotatable bonds is 4. The Morgan fingerprint density at radius 2 is 1.89 bits per heavy atom. The number of piperidine rings is 1. The first kappa shape index (κ1) is 14.5. The minimum atomic E-state index is 0.590. The van der Waals surface area contributed by atoms with E-state index in [4.69, 9.17) is 0 Å². The Balaban J connectivity index is 1.88. The highest BCUT2D eigenvalue weighted by molar-refractivity contribution is 5.24. The number of nitrogens with zero attached hydrogens (tertiary/aromatic N) is 3. The molecule has 0 spiro atoms. The Hall–Kier alpha value is -0.870. The third-order valence-corrected chi connectivity index (χ3v) is 4.73. The third-order valence-electron chi connectivity index (χ3n) is 4.73. The van der Waals surface area contributed by atoms with Gasteiger partial charge in [0.25, 0.3) is 0 Å². The molecular formula is C15H28N4. The second-order valence-electron chi connectivity index (χ2n) is 6.08. The highest BCUT2D eigenvalue weighted by Gasteiger charge is 2.22. The average molecular weight is 264 g/mol. The van der Waals surface area contributed by atoms with E-state index in [9.17, 15) is 0 Å². The van der Waals surface area contributed by atoms with Gasteiger partial charge in [0.15, 0.2) is 0 Å². The van der Waals surface area contributed by atoms with Crippen molar-refractivity contribution in [3.8, 4) is 0 Å². The van der Waals surface area contributed by atoms with Gasteiger partial charge in [-0.25, -0.2) is 0 Å². The summed E-state index contributed by atoms with van der Waals surface area (Å²) in [5, 5.41) is 8.19. The Bertz CT molecular complexity index is 416. The van der Waals surface area contributed by atoms with E-state index < -0.39 is 0 Å². The summed E-state index contributed by atoms with van der Waals surface area (Å²) in [5.74, 6) is 0.813. The van der Waals surface area contributed by atoms with Crippen molar-refractivity contribution in [2.45, 2.75) is 46.2 Å². The quantitative estimate of drug-likeness (QED) is 0.901. The maximum atomic E-state index is 4.48. The van der Waals surface area contributed by atoms with Crippen LogP contribution in [0.25, 0.3) is 0 Å². The minimum Gasteiger partial charge on any atom is -0.310 e. The second kappa shape index (κ2) is 6.06. The first-order valence-electron chi connectivity index (χ1n) is 7.40. The van der Waals surface area contributed by atoms with Crippen LogP contribution in [0.15, 0.2) is 0 Å². The van der Waals surface area contributed by atoms with Crippen LogP contribution in [0, 0.1) is 19.8 Å². The summed E-state index contributed by atoms with van der Waals surface area (Å²) < 4.78 is 1.98. The van der Waals surface area contributed by atoms with E-state index in [0.29, 0.717) is 6.04 Å². The summed E-state index contributed by atoms with van der Waals surface area (Å²) in [5.41, 5.74) is 3.80. The third kappa shape index (κ3) is 3.37. The van der Waals surface area contributed by atoms with Crippen molar-refractivity contribution < 1.29 is 0 Å². The molecule has 1 atom stereocenters. The predicted molar refractivity (Wildman–Crippen MR) is 79.2 cm³/mol. The van der Waals surface area contributed by atoms with Crippen molar-refractivity contribution in [2.75, 3.05) is 20.1 Å². The van der Waals surface area contributed by atoms with Crippen LogP contribution < -0.4 is 5.32 Å². The molecule has 4 heteroatoms. The number of hydrogen-bond acceptors (Lipinski definition) is 3. The zero-order chi connectivity index (χ0) is 14.0. The summed E-state index contributed by atoms with van der Waals surface area (Å²) in [6.45, 7) is 10.0. The van der Waals surface area contributed by atoms with Crippen LogP contribution in [0.5, 0.6) is 0 Å². The van der Waals surface area contributed by atoms with Crippen molar-refractivity contribution in [1.82, 2.24) is 20.0 Å². The monoisotopic (exact) mass is 264 g/mol. The molecule has 1 aliphatic rings. The molecule has 1 unspecified atom stereocenters. The number of aryl methyl sites for hydroxylation is 2. The van der Waals surface area contributed by atoms with E-state index in [1.54, 1.807) is 0 Å². The molecule has 0 aliphatic carbocycles. The van der Waals surface area contributed by atoms with Crippen molar-refractivity contribution >= 4 is 0 Å². The molecule has 0 amide bonds. The van der Waals surface area contributed by atoms with Crippen LogP contribution in [0.3, 0.4) is 0 Å². The zero-order valence-corrected chi connectivity index (χ0v) is 13.0. The molecule has 1 aliphatic heterocycles. The molecule has 1 aromatic rings. The maximum Gasteiger partial charge on any atom is 0.0641 e. The highest BCUT2D eigenvalue weighted by atomic mass is 15.3. The number of likely N-dealkylation sites (tertiary alicyclic amines) is 1. The smallest absolute Gasteiger partial charge is 0.0641 e. The van der Waals surface area contributed by atoms with E-state index >= 15 is 0 Å². The van der Waals surface area contributed by atoms with E-state index in [2.05, 4.69) is 43.1 Å². The van der Waals surface area contributed by atoms with Crippen LogP contribution in [0.2, 0.25) is 0 Å². The molecule has 0 radical (unpaired) electrons. The van der Waals surface area contributed by atoms with Crippen LogP contribution in [0.1, 0.15) is 36.7 Å². The fraction of sp³-hybridized carbons (Fsp3) is 0.800. The van der Waals surface area contributed by atoms with E-state index in [0.717, 1.165) is 18.2 Å². The summed E-state index contributed by atoms with van der Waals surface area (Å²) in [6, 6.07) is 0.590. The average Bonchev–Trinajstić information content (AvgIpc) is 2.62. The molecule has 1 aromatic heterocycles. The fourth-order valence-electron chi connectivity index (χ4n) is 3.03. The van der Waals surface area contributed by atoms with Crippen molar-refractivity contribution in [2.24, 2.45) is 13.0 Å². The molecule has 108 valence electrons. The first-order chi connectivity index (χ1) is 8.99. The van der Waals surface area contributed by atoms with E-state index in [1.807, 2.05) is 11.7 Å². The largest absolute Gasteiger partial charge is 0.310 e. The molecular weight excluding hydrogens is 236 g/mol. The van der Waals surface area contributed by atoms with Crippen LogP contribution in [-0.2, 0) is 13.6 Å². The summed E-state index contributed by atoms with van der Waals surface area (Å²) in [4.78, 5) is 2.43. The van der Waals surface area contributed by atoms with Crippen LogP contribution in [-0.4, -0.2) is 40.9 Å². The van der Waals surface area contributed by atoms with Gasteiger partial charge in [-0.05, 0) is 59.7 Å². The van der Waals surface area contributed by atoms with Gasteiger partial charge in [0.1, 0.15) is 0 Å². The molecule has 1 saturated heterocycles. The standard InChI is InChI=1S/C15H28N4/c1-11(14-6-8-18(4)9-7-14)16-10-15-12(2)17-19(5)13(15)3/h11,14,16H,6-10H2,1-5H3.